The molecular formula is C57H84O6. The van der Waals surface area contributed by atoms with Gasteiger partial charge in [-0.05, 0) is 122 Å². The van der Waals surface area contributed by atoms with Crippen LogP contribution < -0.4 is 0 Å². The van der Waals surface area contributed by atoms with Gasteiger partial charge in [-0.3, -0.25) is 14.4 Å². The van der Waals surface area contributed by atoms with Crippen LogP contribution in [0.5, 0.6) is 0 Å². The largest absolute Gasteiger partial charge is 0.462 e. The Balaban J connectivity index is 4.68. The minimum atomic E-state index is -0.858. The molecule has 0 rings (SSSR count). The monoisotopic (exact) mass is 865 g/mol. The number of hydrogen-bond acceptors (Lipinski definition) is 6. The molecule has 0 radical (unpaired) electrons. The van der Waals surface area contributed by atoms with Crippen molar-refractivity contribution in [1.29, 1.82) is 0 Å². The van der Waals surface area contributed by atoms with Crippen molar-refractivity contribution in [2.45, 2.75) is 168 Å². The third kappa shape index (κ3) is 47.9. The van der Waals surface area contributed by atoms with Crippen molar-refractivity contribution in [2.24, 2.45) is 0 Å². The number of carbonyl (C=O) groups is 3. The van der Waals surface area contributed by atoms with Crippen LogP contribution in [0.15, 0.2) is 158 Å². The summed E-state index contributed by atoms with van der Waals surface area (Å²) in [5.41, 5.74) is 0. The van der Waals surface area contributed by atoms with Gasteiger partial charge in [-0.1, -0.05) is 179 Å². The molecule has 6 heteroatoms. The molecule has 63 heavy (non-hydrogen) atoms. The lowest BCUT2D eigenvalue weighted by atomic mass is 10.2. The minimum Gasteiger partial charge on any atom is -0.462 e. The Morgan fingerprint density at radius 1 is 0.317 bits per heavy atom. The third-order valence-electron chi connectivity index (χ3n) is 9.02. The molecule has 0 aromatic rings. The molecule has 0 spiro atoms. The second-order valence-corrected chi connectivity index (χ2v) is 14.9. The first-order valence-electron chi connectivity index (χ1n) is 24.0. The van der Waals surface area contributed by atoms with E-state index in [9.17, 15) is 14.4 Å². The SMILES string of the molecule is CC/C=C\C/C=C\C/C=C\C/C=C\C/C=C\CCCC(=O)OCC(COC(=O)CC/C=C\C/C=C\C/C=C\C/C=C\CC)OC(=O)CCCC/C=C\C/C=C\C/C=C\C/C=C\CC. The number of carbonyl (C=O) groups excluding carboxylic acids is 3. The minimum absolute atomic E-state index is 0.154. The molecule has 348 valence electrons. The summed E-state index contributed by atoms with van der Waals surface area (Å²) >= 11 is 0. The van der Waals surface area contributed by atoms with E-state index in [2.05, 4.69) is 167 Å². The summed E-state index contributed by atoms with van der Waals surface area (Å²) in [6.45, 7) is 6.10. The van der Waals surface area contributed by atoms with E-state index in [0.717, 1.165) is 103 Å². The van der Waals surface area contributed by atoms with Gasteiger partial charge in [0, 0.05) is 19.3 Å². The number of hydrogen-bond donors (Lipinski definition) is 0. The fourth-order valence-corrected chi connectivity index (χ4v) is 5.54. The van der Waals surface area contributed by atoms with Gasteiger partial charge in [-0.25, -0.2) is 0 Å². The Labute approximate surface area is 384 Å². The van der Waals surface area contributed by atoms with Crippen molar-refractivity contribution in [3.63, 3.8) is 0 Å². The highest BCUT2D eigenvalue weighted by atomic mass is 16.6. The molecule has 0 aliphatic heterocycles. The first kappa shape index (κ1) is 58.0. The van der Waals surface area contributed by atoms with E-state index < -0.39 is 12.1 Å². The van der Waals surface area contributed by atoms with Crippen molar-refractivity contribution >= 4 is 17.9 Å². The zero-order valence-corrected chi connectivity index (χ0v) is 39.5. The predicted molar refractivity (Wildman–Crippen MR) is 269 cm³/mol. The zero-order valence-electron chi connectivity index (χ0n) is 39.5. The van der Waals surface area contributed by atoms with Crippen LogP contribution in [0, 0.1) is 0 Å². The third-order valence-corrected chi connectivity index (χ3v) is 9.02. The van der Waals surface area contributed by atoms with E-state index in [1.165, 1.54) is 0 Å². The molecule has 0 aliphatic rings. The van der Waals surface area contributed by atoms with Gasteiger partial charge in [-0.15, -0.1) is 0 Å². The van der Waals surface area contributed by atoms with Gasteiger partial charge in [0.1, 0.15) is 13.2 Å². The number of rotatable bonds is 40. The van der Waals surface area contributed by atoms with Crippen molar-refractivity contribution in [1.82, 2.24) is 0 Å². The fraction of sp³-hybridized carbons (Fsp3) is 0.491. The molecule has 0 saturated carbocycles. The first-order chi connectivity index (χ1) is 31.0. The van der Waals surface area contributed by atoms with Gasteiger partial charge in [0.25, 0.3) is 0 Å². The van der Waals surface area contributed by atoms with Crippen molar-refractivity contribution in [3.8, 4) is 0 Å². The lowest BCUT2D eigenvalue weighted by Crippen LogP contribution is -2.30. The molecule has 0 saturated heterocycles. The molecule has 1 atom stereocenters. The van der Waals surface area contributed by atoms with E-state index in [0.29, 0.717) is 19.3 Å². The summed E-state index contributed by atoms with van der Waals surface area (Å²) in [6.07, 6.45) is 72.5. The Kier molecular flexibility index (Phi) is 45.8. The maximum Gasteiger partial charge on any atom is 0.306 e. The second kappa shape index (κ2) is 49.7. The maximum absolute atomic E-state index is 12.8. The Hall–Kier alpha value is -4.97. The highest BCUT2D eigenvalue weighted by Crippen LogP contribution is 2.09. The van der Waals surface area contributed by atoms with Crippen molar-refractivity contribution in [3.05, 3.63) is 158 Å². The summed E-state index contributed by atoms with van der Waals surface area (Å²) in [7, 11) is 0. The van der Waals surface area contributed by atoms with Crippen LogP contribution in [-0.4, -0.2) is 37.2 Å². The second-order valence-electron chi connectivity index (χ2n) is 14.9. The molecular weight excluding hydrogens is 781 g/mol. The molecule has 0 aromatic carbocycles. The fourth-order valence-electron chi connectivity index (χ4n) is 5.54. The molecule has 6 nitrogen and oxygen atoms in total. The molecule has 0 amide bonds. The first-order valence-corrected chi connectivity index (χ1v) is 24.0. The lowest BCUT2D eigenvalue weighted by Gasteiger charge is -2.18. The predicted octanol–water partition coefficient (Wildman–Crippen LogP) is 15.9. The van der Waals surface area contributed by atoms with Crippen LogP contribution in [0.1, 0.15) is 162 Å². The van der Waals surface area contributed by atoms with E-state index in [-0.39, 0.29) is 44.4 Å². The average Bonchev–Trinajstić information content (AvgIpc) is 3.28. The standard InChI is InChI=1S/C57H84O6/c1-4-7-10-13-16-19-22-25-27-28-30-32-35-38-41-44-47-50-56(59)62-53-54(52-61-55(58)49-46-43-40-37-34-31-24-21-18-15-12-9-6-3)63-57(60)51-48-45-42-39-36-33-29-26-23-20-17-14-11-8-5-2/h7-12,16-21,25-27,29-32,34,36,38-41,43,54H,4-6,13-15,22-24,28,33,35,37,42,44-53H2,1-3H3/b10-7-,11-8-,12-9-,19-16-,20-17-,21-18-,27-25-,29-26-,32-30-,34-31-,39-36-,41-38-,43-40-. The molecule has 0 bridgehead atoms. The van der Waals surface area contributed by atoms with E-state index in [4.69, 9.17) is 14.2 Å². The van der Waals surface area contributed by atoms with E-state index in [1.54, 1.807) is 0 Å². The maximum atomic E-state index is 12.8. The summed E-state index contributed by atoms with van der Waals surface area (Å²) in [5.74, 6) is -1.15. The van der Waals surface area contributed by atoms with E-state index >= 15 is 0 Å². The van der Waals surface area contributed by atoms with Crippen molar-refractivity contribution in [2.75, 3.05) is 13.2 Å². The summed E-state index contributed by atoms with van der Waals surface area (Å²) in [5, 5.41) is 0. The lowest BCUT2D eigenvalue weighted by molar-refractivity contribution is -0.166. The molecule has 0 heterocycles. The summed E-state index contributed by atoms with van der Waals surface area (Å²) in [6, 6.07) is 0. The van der Waals surface area contributed by atoms with Crippen LogP contribution >= 0.6 is 0 Å². The van der Waals surface area contributed by atoms with Crippen molar-refractivity contribution < 1.29 is 28.6 Å². The zero-order chi connectivity index (χ0) is 45.8. The van der Waals surface area contributed by atoms with Gasteiger partial charge >= 0.3 is 17.9 Å². The number of ether oxygens (including phenoxy) is 3. The number of allylic oxidation sites excluding steroid dienone is 26. The van der Waals surface area contributed by atoms with Gasteiger partial charge < -0.3 is 14.2 Å². The summed E-state index contributed by atoms with van der Waals surface area (Å²) < 4.78 is 16.6. The highest BCUT2D eigenvalue weighted by molar-refractivity contribution is 5.71. The highest BCUT2D eigenvalue weighted by Gasteiger charge is 2.19. The Bertz CT molecular complexity index is 1510. The van der Waals surface area contributed by atoms with Gasteiger partial charge in [0.2, 0.25) is 0 Å². The smallest absolute Gasteiger partial charge is 0.306 e. The molecule has 1 unspecified atom stereocenters. The van der Waals surface area contributed by atoms with Crippen LogP contribution in [-0.2, 0) is 28.6 Å². The Morgan fingerprint density at radius 3 is 0.968 bits per heavy atom. The number of esters is 3. The van der Waals surface area contributed by atoms with Crippen LogP contribution in [0.2, 0.25) is 0 Å². The topological polar surface area (TPSA) is 78.9 Å². The average molecular weight is 865 g/mol. The number of unbranched alkanes of at least 4 members (excludes halogenated alkanes) is 3. The molecule has 0 N–H and O–H groups in total. The van der Waals surface area contributed by atoms with Gasteiger partial charge in [0.15, 0.2) is 6.10 Å². The van der Waals surface area contributed by atoms with Crippen LogP contribution in [0.4, 0.5) is 0 Å². The molecule has 0 fully saturated rings. The van der Waals surface area contributed by atoms with Crippen LogP contribution in [0.3, 0.4) is 0 Å². The normalized spacial score (nSPS) is 13.5. The van der Waals surface area contributed by atoms with Gasteiger partial charge in [-0.2, -0.15) is 0 Å². The van der Waals surface area contributed by atoms with Gasteiger partial charge in [0.05, 0.1) is 0 Å². The van der Waals surface area contributed by atoms with Crippen LogP contribution in [0.25, 0.3) is 0 Å². The quantitative estimate of drug-likeness (QED) is 0.0264. The molecule has 0 aromatic heterocycles. The summed E-state index contributed by atoms with van der Waals surface area (Å²) in [4.78, 5) is 37.8. The Morgan fingerprint density at radius 2 is 0.603 bits per heavy atom. The molecule has 0 aliphatic carbocycles. The van der Waals surface area contributed by atoms with E-state index in [1.807, 2.05) is 12.2 Å².